The van der Waals surface area contributed by atoms with Crippen LogP contribution in [0.3, 0.4) is 0 Å². The number of benzene rings is 2. The van der Waals surface area contributed by atoms with Gasteiger partial charge in [0, 0.05) is 18.3 Å². The molecule has 0 spiro atoms. The van der Waals surface area contributed by atoms with Crippen LogP contribution in [0.25, 0.3) is 0 Å². The summed E-state index contributed by atoms with van der Waals surface area (Å²) in [5, 5.41) is 8.93. The summed E-state index contributed by atoms with van der Waals surface area (Å²) < 4.78 is 26.9. The molecule has 26 heavy (non-hydrogen) atoms. The number of piperazine rings is 1. The number of para-hydroxylation sites is 1. The fourth-order valence-electron chi connectivity index (χ4n) is 2.92. The molecule has 2 aromatic rings. The number of rotatable bonds is 4. The van der Waals surface area contributed by atoms with Crippen LogP contribution in [0.1, 0.15) is 17.3 Å². The Balaban J connectivity index is 1.85. The van der Waals surface area contributed by atoms with E-state index in [1.807, 2.05) is 18.2 Å². The molecule has 1 saturated heterocycles. The molecule has 0 saturated carbocycles. The van der Waals surface area contributed by atoms with Crippen molar-refractivity contribution >= 4 is 27.6 Å². The number of carbonyl (C=O) groups is 2. The third-order valence-electron chi connectivity index (χ3n) is 4.31. The van der Waals surface area contributed by atoms with Gasteiger partial charge in [-0.15, -0.1) is 0 Å². The van der Waals surface area contributed by atoms with E-state index in [4.69, 9.17) is 5.11 Å². The van der Waals surface area contributed by atoms with Gasteiger partial charge in [0.1, 0.15) is 0 Å². The summed E-state index contributed by atoms with van der Waals surface area (Å²) in [5.74, 6) is -1.44. The highest BCUT2D eigenvalue weighted by molar-refractivity contribution is 7.89. The van der Waals surface area contributed by atoms with E-state index in [1.165, 1.54) is 24.3 Å². The second-order valence-electron chi connectivity index (χ2n) is 6.07. The molecule has 1 aliphatic rings. The van der Waals surface area contributed by atoms with Gasteiger partial charge in [-0.25, -0.2) is 13.2 Å². The van der Waals surface area contributed by atoms with Gasteiger partial charge < -0.3 is 10.0 Å². The average Bonchev–Trinajstić information content (AvgIpc) is 2.64. The standard InChI is InChI=1S/C18H18N2O5S/c1-13-11-19(15-5-3-2-4-6-15)17(21)12-20(13)26(24,25)16-9-7-14(8-10-16)18(22)23/h2-10,13H,11-12H2,1H3,(H,22,23). The molecule has 3 rings (SSSR count). The van der Waals surface area contributed by atoms with Gasteiger partial charge in [-0.05, 0) is 43.3 Å². The molecule has 0 radical (unpaired) electrons. The minimum Gasteiger partial charge on any atom is -0.478 e. The van der Waals surface area contributed by atoms with Crippen LogP contribution in [0.5, 0.6) is 0 Å². The quantitative estimate of drug-likeness (QED) is 0.881. The Morgan fingerprint density at radius 1 is 1.08 bits per heavy atom. The summed E-state index contributed by atoms with van der Waals surface area (Å²) in [5.41, 5.74) is 0.731. The summed E-state index contributed by atoms with van der Waals surface area (Å²) in [6.45, 7) is 1.72. The van der Waals surface area contributed by atoms with E-state index in [0.29, 0.717) is 0 Å². The first kappa shape index (κ1) is 18.1. The number of hydrogen-bond donors (Lipinski definition) is 1. The lowest BCUT2D eigenvalue weighted by Gasteiger charge is -2.38. The third-order valence-corrected chi connectivity index (χ3v) is 6.28. The largest absolute Gasteiger partial charge is 0.478 e. The van der Waals surface area contributed by atoms with Crippen molar-refractivity contribution in [3.05, 3.63) is 60.2 Å². The first-order chi connectivity index (χ1) is 12.3. The predicted octanol–water partition coefficient (Wildman–Crippen LogP) is 1.81. The van der Waals surface area contributed by atoms with Crippen LogP contribution < -0.4 is 4.90 Å². The molecule has 1 N–H and O–H groups in total. The molecule has 0 aromatic heterocycles. The number of aromatic carboxylic acids is 1. The van der Waals surface area contributed by atoms with Gasteiger partial charge in [-0.1, -0.05) is 18.2 Å². The van der Waals surface area contributed by atoms with Gasteiger partial charge in [0.15, 0.2) is 0 Å². The van der Waals surface area contributed by atoms with Gasteiger partial charge in [0.25, 0.3) is 0 Å². The Labute approximate surface area is 151 Å². The molecule has 1 fully saturated rings. The lowest BCUT2D eigenvalue weighted by Crippen LogP contribution is -2.57. The normalized spacial score (nSPS) is 18.7. The summed E-state index contributed by atoms with van der Waals surface area (Å²) in [6.07, 6.45) is 0. The molecule has 0 aliphatic carbocycles. The molecule has 0 bridgehead atoms. The number of amides is 1. The van der Waals surface area contributed by atoms with Crippen LogP contribution in [0.2, 0.25) is 0 Å². The van der Waals surface area contributed by atoms with Crippen LogP contribution in [0.4, 0.5) is 5.69 Å². The average molecular weight is 374 g/mol. The van der Waals surface area contributed by atoms with Crippen molar-refractivity contribution in [2.45, 2.75) is 17.9 Å². The van der Waals surface area contributed by atoms with E-state index in [2.05, 4.69) is 0 Å². The van der Waals surface area contributed by atoms with Crippen molar-refractivity contribution in [1.82, 2.24) is 4.31 Å². The van der Waals surface area contributed by atoms with Crippen molar-refractivity contribution in [2.24, 2.45) is 0 Å². The molecule has 1 atom stereocenters. The zero-order valence-corrected chi connectivity index (χ0v) is 14.9. The number of carbonyl (C=O) groups excluding carboxylic acids is 1. The molecular weight excluding hydrogens is 356 g/mol. The van der Waals surface area contributed by atoms with E-state index in [9.17, 15) is 18.0 Å². The van der Waals surface area contributed by atoms with Crippen molar-refractivity contribution in [2.75, 3.05) is 18.0 Å². The van der Waals surface area contributed by atoms with E-state index in [-0.39, 0.29) is 29.5 Å². The highest BCUT2D eigenvalue weighted by Gasteiger charge is 2.38. The number of sulfonamides is 1. The number of hydrogen-bond acceptors (Lipinski definition) is 4. The molecule has 1 amide bonds. The SMILES string of the molecule is CC1CN(c2ccccc2)C(=O)CN1S(=O)(=O)c1ccc(C(=O)O)cc1. The molecular formula is C18H18N2O5S. The molecule has 136 valence electrons. The zero-order chi connectivity index (χ0) is 18.9. The van der Waals surface area contributed by atoms with Crippen molar-refractivity contribution < 1.29 is 23.1 Å². The van der Waals surface area contributed by atoms with Gasteiger partial charge in [-0.3, -0.25) is 4.79 Å². The van der Waals surface area contributed by atoms with E-state index in [0.717, 1.165) is 9.99 Å². The Hall–Kier alpha value is -2.71. The lowest BCUT2D eigenvalue weighted by atomic mass is 10.2. The Bertz CT molecular complexity index is 926. The van der Waals surface area contributed by atoms with Crippen LogP contribution in [0, 0.1) is 0 Å². The molecule has 2 aromatic carbocycles. The van der Waals surface area contributed by atoms with Gasteiger partial charge in [0.05, 0.1) is 17.0 Å². The van der Waals surface area contributed by atoms with E-state index in [1.54, 1.807) is 24.0 Å². The van der Waals surface area contributed by atoms with Crippen LogP contribution in [0.15, 0.2) is 59.5 Å². The zero-order valence-electron chi connectivity index (χ0n) is 14.1. The fourth-order valence-corrected chi connectivity index (χ4v) is 4.49. The van der Waals surface area contributed by atoms with Crippen molar-refractivity contribution in [3.63, 3.8) is 0 Å². The maximum absolute atomic E-state index is 12.9. The minimum absolute atomic E-state index is 0.00183. The van der Waals surface area contributed by atoms with Crippen molar-refractivity contribution in [3.8, 4) is 0 Å². The van der Waals surface area contributed by atoms with Crippen molar-refractivity contribution in [1.29, 1.82) is 0 Å². The first-order valence-electron chi connectivity index (χ1n) is 8.01. The maximum atomic E-state index is 12.9. The summed E-state index contributed by atoms with van der Waals surface area (Å²) in [4.78, 5) is 25.0. The monoisotopic (exact) mass is 374 g/mol. The smallest absolute Gasteiger partial charge is 0.335 e. The highest BCUT2D eigenvalue weighted by Crippen LogP contribution is 2.25. The highest BCUT2D eigenvalue weighted by atomic mass is 32.2. The number of carboxylic acids is 1. The number of anilines is 1. The summed E-state index contributed by atoms with van der Waals surface area (Å²) >= 11 is 0. The topological polar surface area (TPSA) is 95.0 Å². The van der Waals surface area contributed by atoms with E-state index < -0.39 is 22.0 Å². The predicted molar refractivity (Wildman–Crippen MR) is 95.6 cm³/mol. The first-order valence-corrected chi connectivity index (χ1v) is 9.45. The minimum atomic E-state index is -3.90. The Morgan fingerprint density at radius 3 is 2.27 bits per heavy atom. The summed E-state index contributed by atoms with van der Waals surface area (Å²) in [7, 11) is -3.90. The third kappa shape index (κ3) is 3.33. The second-order valence-corrected chi connectivity index (χ2v) is 7.96. The molecule has 7 nitrogen and oxygen atoms in total. The lowest BCUT2D eigenvalue weighted by molar-refractivity contribution is -0.120. The maximum Gasteiger partial charge on any atom is 0.335 e. The van der Waals surface area contributed by atoms with Gasteiger partial charge in [-0.2, -0.15) is 4.31 Å². The van der Waals surface area contributed by atoms with Gasteiger partial charge >= 0.3 is 5.97 Å². The second kappa shape index (κ2) is 6.89. The van der Waals surface area contributed by atoms with E-state index >= 15 is 0 Å². The number of carboxylic acid groups (broad SMARTS) is 1. The molecule has 1 unspecified atom stereocenters. The molecule has 1 aliphatic heterocycles. The fraction of sp³-hybridized carbons (Fsp3) is 0.222. The van der Waals surface area contributed by atoms with Gasteiger partial charge in [0.2, 0.25) is 15.9 Å². The Kier molecular flexibility index (Phi) is 4.80. The summed E-state index contributed by atoms with van der Waals surface area (Å²) in [6, 6.07) is 13.7. The number of nitrogens with zero attached hydrogens (tertiary/aromatic N) is 2. The van der Waals surface area contributed by atoms with Crippen LogP contribution >= 0.6 is 0 Å². The van der Waals surface area contributed by atoms with Crippen LogP contribution in [-0.4, -0.2) is 48.8 Å². The molecule has 1 heterocycles. The Morgan fingerprint density at radius 2 is 1.69 bits per heavy atom. The van der Waals surface area contributed by atoms with Crippen LogP contribution in [-0.2, 0) is 14.8 Å². The molecule has 8 heteroatoms.